The van der Waals surface area contributed by atoms with Gasteiger partial charge in [0.1, 0.15) is 10.7 Å². The number of sulfonamides is 1. The summed E-state index contributed by atoms with van der Waals surface area (Å²) in [6.07, 6.45) is 0. The second-order valence-corrected chi connectivity index (χ2v) is 5.41. The van der Waals surface area contributed by atoms with Crippen molar-refractivity contribution in [1.29, 1.82) is 0 Å². The lowest BCUT2D eigenvalue weighted by atomic mass is 10.2. The van der Waals surface area contributed by atoms with Crippen molar-refractivity contribution in [2.45, 2.75) is 11.4 Å². The van der Waals surface area contributed by atoms with E-state index in [1.54, 1.807) is 13.1 Å². The van der Waals surface area contributed by atoms with Crippen LogP contribution in [0.2, 0.25) is 0 Å². The smallest absolute Gasteiger partial charge is 0.256 e. The third-order valence-electron chi connectivity index (χ3n) is 1.97. The van der Waals surface area contributed by atoms with Crippen LogP contribution in [0.5, 0.6) is 0 Å². The first-order chi connectivity index (χ1) is 7.86. The minimum Gasteiger partial charge on any atom is -0.316 e. The first-order valence-electron chi connectivity index (χ1n) is 4.99. The van der Waals surface area contributed by atoms with Crippen molar-refractivity contribution < 1.29 is 12.8 Å². The Bertz CT molecular complexity index is 488. The number of halogens is 1. The topological polar surface area (TPSA) is 61.4 Å². The highest BCUT2D eigenvalue weighted by Crippen LogP contribution is 2.16. The molecule has 0 unspecified atom stereocenters. The molecule has 0 saturated carbocycles. The molecular formula is C10H16FN3O2S. The van der Waals surface area contributed by atoms with E-state index in [9.17, 15) is 12.8 Å². The summed E-state index contributed by atoms with van der Waals surface area (Å²) in [5, 5.41) is 4.12. The van der Waals surface area contributed by atoms with E-state index >= 15 is 0 Å². The molecule has 5 nitrogen and oxygen atoms in total. The molecule has 0 aliphatic heterocycles. The van der Waals surface area contributed by atoms with Crippen LogP contribution < -0.4 is 10.1 Å². The third-order valence-corrected chi connectivity index (χ3v) is 3.47. The van der Waals surface area contributed by atoms with Gasteiger partial charge < -0.3 is 5.32 Å². The van der Waals surface area contributed by atoms with Crippen molar-refractivity contribution in [3.8, 4) is 0 Å². The van der Waals surface area contributed by atoms with E-state index in [-0.39, 0.29) is 4.90 Å². The van der Waals surface area contributed by atoms with Gasteiger partial charge in [0, 0.05) is 20.6 Å². The highest BCUT2D eigenvalue weighted by molar-refractivity contribution is 7.89. The molecule has 17 heavy (non-hydrogen) atoms. The molecule has 7 heteroatoms. The lowest BCUT2D eigenvalue weighted by molar-refractivity contribution is 0.362. The zero-order chi connectivity index (χ0) is 13.1. The number of hydrogen-bond donors (Lipinski definition) is 2. The third kappa shape index (κ3) is 3.74. The van der Waals surface area contributed by atoms with E-state index < -0.39 is 15.8 Å². The van der Waals surface area contributed by atoms with E-state index in [1.165, 1.54) is 25.2 Å². The average Bonchev–Trinajstić information content (AvgIpc) is 2.19. The fourth-order valence-electron chi connectivity index (χ4n) is 1.36. The van der Waals surface area contributed by atoms with Gasteiger partial charge >= 0.3 is 0 Å². The molecule has 0 bridgehead atoms. The van der Waals surface area contributed by atoms with Gasteiger partial charge in [-0.15, -0.1) is 4.83 Å². The Balaban J connectivity index is 3.16. The normalized spacial score (nSPS) is 12.1. The number of benzene rings is 1. The van der Waals surface area contributed by atoms with E-state index in [0.29, 0.717) is 12.1 Å². The maximum Gasteiger partial charge on any atom is 0.256 e. The van der Waals surface area contributed by atoms with Gasteiger partial charge in [-0.2, -0.15) is 0 Å². The Kier molecular flexibility index (Phi) is 4.58. The molecule has 0 radical (unpaired) electrons. The molecule has 0 fully saturated rings. The highest BCUT2D eigenvalue weighted by Gasteiger charge is 2.19. The zero-order valence-corrected chi connectivity index (χ0v) is 10.8. The van der Waals surface area contributed by atoms with Crippen LogP contribution in [-0.2, 0) is 16.6 Å². The van der Waals surface area contributed by atoms with Crippen molar-refractivity contribution in [1.82, 2.24) is 15.2 Å². The number of hydrogen-bond acceptors (Lipinski definition) is 4. The van der Waals surface area contributed by atoms with Crippen LogP contribution in [0.15, 0.2) is 23.1 Å². The maximum atomic E-state index is 13.5. The molecule has 0 spiro atoms. The van der Waals surface area contributed by atoms with Crippen LogP contribution >= 0.6 is 0 Å². The Morgan fingerprint density at radius 2 is 2.00 bits per heavy atom. The standard InChI is InChI=1S/C10H16FN3O2S/c1-12-7-8-4-5-9(11)10(6-8)17(15,16)13-14(2)3/h4-6,12-13H,7H2,1-3H3. The molecule has 1 rings (SSSR count). The van der Waals surface area contributed by atoms with Crippen LogP contribution in [0.25, 0.3) is 0 Å². The molecule has 0 heterocycles. The quantitative estimate of drug-likeness (QED) is 0.748. The summed E-state index contributed by atoms with van der Waals surface area (Å²) in [7, 11) is 0.915. The predicted molar refractivity (Wildman–Crippen MR) is 63.2 cm³/mol. The van der Waals surface area contributed by atoms with Gasteiger partial charge in [-0.3, -0.25) is 0 Å². The van der Waals surface area contributed by atoms with E-state index in [0.717, 1.165) is 6.07 Å². The summed E-state index contributed by atoms with van der Waals surface area (Å²) in [5.41, 5.74) is 0.702. The van der Waals surface area contributed by atoms with Gasteiger partial charge in [0.05, 0.1) is 0 Å². The number of nitrogens with zero attached hydrogens (tertiary/aromatic N) is 1. The molecule has 0 saturated heterocycles. The molecule has 1 aromatic carbocycles. The molecular weight excluding hydrogens is 245 g/mol. The van der Waals surface area contributed by atoms with Crippen molar-refractivity contribution in [3.05, 3.63) is 29.6 Å². The van der Waals surface area contributed by atoms with E-state index in [2.05, 4.69) is 10.1 Å². The molecule has 2 N–H and O–H groups in total. The number of rotatable bonds is 5. The fraction of sp³-hybridized carbons (Fsp3) is 0.400. The summed E-state index contributed by atoms with van der Waals surface area (Å²) >= 11 is 0. The van der Waals surface area contributed by atoms with Crippen molar-refractivity contribution in [2.75, 3.05) is 21.1 Å². The summed E-state index contributed by atoms with van der Waals surface area (Å²) in [4.78, 5) is 1.84. The molecule has 0 aromatic heterocycles. The summed E-state index contributed by atoms with van der Waals surface area (Å²) in [6.45, 7) is 0.477. The minimum atomic E-state index is -3.86. The Morgan fingerprint density at radius 1 is 1.35 bits per heavy atom. The first kappa shape index (κ1) is 14.0. The van der Waals surface area contributed by atoms with Crippen molar-refractivity contribution in [3.63, 3.8) is 0 Å². The average molecular weight is 261 g/mol. The van der Waals surface area contributed by atoms with Gasteiger partial charge in [-0.05, 0) is 24.7 Å². The molecule has 0 amide bonds. The van der Waals surface area contributed by atoms with E-state index in [1.807, 2.05) is 0 Å². The zero-order valence-electron chi connectivity index (χ0n) is 9.99. The first-order valence-corrected chi connectivity index (χ1v) is 6.48. The van der Waals surface area contributed by atoms with Crippen molar-refractivity contribution in [2.24, 2.45) is 0 Å². The van der Waals surface area contributed by atoms with E-state index in [4.69, 9.17) is 0 Å². The second kappa shape index (κ2) is 5.54. The van der Waals surface area contributed by atoms with Crippen LogP contribution in [0, 0.1) is 5.82 Å². The summed E-state index contributed by atoms with van der Waals surface area (Å²) in [6, 6.07) is 4.01. The summed E-state index contributed by atoms with van der Waals surface area (Å²) < 4.78 is 37.1. The Labute approximate surface area is 101 Å². The molecule has 0 aliphatic rings. The van der Waals surface area contributed by atoms with Gasteiger partial charge in [0.15, 0.2) is 0 Å². The number of hydrazine groups is 1. The number of nitrogens with one attached hydrogen (secondary N) is 2. The molecule has 96 valence electrons. The largest absolute Gasteiger partial charge is 0.316 e. The maximum absolute atomic E-state index is 13.5. The molecule has 0 aliphatic carbocycles. The molecule has 1 aromatic rings. The monoisotopic (exact) mass is 261 g/mol. The molecule has 0 atom stereocenters. The van der Waals surface area contributed by atoms with Gasteiger partial charge in [-0.1, -0.05) is 6.07 Å². The van der Waals surface area contributed by atoms with Crippen molar-refractivity contribution >= 4 is 10.0 Å². The van der Waals surface area contributed by atoms with Gasteiger partial charge in [-0.25, -0.2) is 17.8 Å². The lowest BCUT2D eigenvalue weighted by Gasteiger charge is -2.13. The Hall–Kier alpha value is -1.02. The fourth-order valence-corrected chi connectivity index (χ4v) is 2.57. The van der Waals surface area contributed by atoms with Crippen LogP contribution in [0.1, 0.15) is 5.56 Å². The predicted octanol–water partition coefficient (Wildman–Crippen LogP) is 0.300. The second-order valence-electron chi connectivity index (χ2n) is 3.78. The van der Waals surface area contributed by atoms with Crippen LogP contribution in [-0.4, -0.2) is 34.6 Å². The summed E-state index contributed by atoms with van der Waals surface area (Å²) in [5.74, 6) is -0.765. The highest BCUT2D eigenvalue weighted by atomic mass is 32.2. The lowest BCUT2D eigenvalue weighted by Crippen LogP contribution is -2.36. The SMILES string of the molecule is CNCc1ccc(F)c(S(=O)(=O)NN(C)C)c1. The van der Waals surface area contributed by atoms with Crippen LogP contribution in [0.4, 0.5) is 4.39 Å². The van der Waals surface area contributed by atoms with Gasteiger partial charge in [0.2, 0.25) is 0 Å². The Morgan fingerprint density at radius 3 is 2.53 bits per heavy atom. The van der Waals surface area contributed by atoms with Gasteiger partial charge in [0.25, 0.3) is 10.0 Å². The van der Waals surface area contributed by atoms with Crippen LogP contribution in [0.3, 0.4) is 0 Å². The minimum absolute atomic E-state index is 0.348.